The number of hydrogen-bond acceptors (Lipinski definition) is 3. The molecule has 0 amide bonds. The first kappa shape index (κ1) is 11.9. The summed E-state index contributed by atoms with van der Waals surface area (Å²) in [5.74, 6) is 1.71. The molecule has 1 fully saturated rings. The van der Waals surface area contributed by atoms with E-state index in [1.54, 1.807) is 0 Å². The molecule has 2 aliphatic rings. The second-order valence-electron chi connectivity index (χ2n) is 4.63. The Morgan fingerprint density at radius 2 is 2.38 bits per heavy atom. The molecule has 0 aromatic heterocycles. The minimum atomic E-state index is 0.341. The fraction of sp³-hybridized carbons (Fsp3) is 0.846. The molecule has 92 valence electrons. The summed E-state index contributed by atoms with van der Waals surface area (Å²) >= 11 is 0. The molecule has 1 saturated heterocycles. The van der Waals surface area contributed by atoms with E-state index in [4.69, 9.17) is 9.47 Å². The Balaban J connectivity index is 2.05. The smallest absolute Gasteiger partial charge is 0.109 e. The van der Waals surface area contributed by atoms with Gasteiger partial charge in [0.15, 0.2) is 0 Å². The van der Waals surface area contributed by atoms with E-state index >= 15 is 0 Å². The van der Waals surface area contributed by atoms with Gasteiger partial charge >= 0.3 is 0 Å². The predicted octanol–water partition coefficient (Wildman–Crippen LogP) is 2.08. The van der Waals surface area contributed by atoms with Crippen LogP contribution in [0.25, 0.3) is 0 Å². The monoisotopic (exact) mass is 225 g/mol. The minimum Gasteiger partial charge on any atom is -0.497 e. The first-order valence-corrected chi connectivity index (χ1v) is 6.48. The van der Waals surface area contributed by atoms with Crippen molar-refractivity contribution < 1.29 is 9.47 Å². The summed E-state index contributed by atoms with van der Waals surface area (Å²) in [5, 5.41) is 3.40. The van der Waals surface area contributed by atoms with E-state index in [9.17, 15) is 0 Å². The minimum absolute atomic E-state index is 0.341. The van der Waals surface area contributed by atoms with E-state index in [2.05, 4.69) is 18.3 Å². The molecule has 16 heavy (non-hydrogen) atoms. The molecule has 0 aromatic rings. The fourth-order valence-corrected chi connectivity index (χ4v) is 2.83. The van der Waals surface area contributed by atoms with Gasteiger partial charge in [0.25, 0.3) is 0 Å². The maximum absolute atomic E-state index is 5.78. The third-order valence-electron chi connectivity index (χ3n) is 3.67. The molecule has 1 N–H and O–H groups in total. The lowest BCUT2D eigenvalue weighted by molar-refractivity contribution is 0.0698. The molecule has 3 atom stereocenters. The van der Waals surface area contributed by atoms with Gasteiger partial charge in [-0.3, -0.25) is 0 Å². The van der Waals surface area contributed by atoms with Crippen LogP contribution < -0.4 is 5.32 Å². The van der Waals surface area contributed by atoms with Crippen LogP contribution in [0.3, 0.4) is 0 Å². The van der Waals surface area contributed by atoms with Crippen molar-refractivity contribution >= 4 is 0 Å². The zero-order valence-corrected chi connectivity index (χ0v) is 10.4. The van der Waals surface area contributed by atoms with Gasteiger partial charge < -0.3 is 14.8 Å². The van der Waals surface area contributed by atoms with Crippen molar-refractivity contribution in [2.45, 2.75) is 44.8 Å². The summed E-state index contributed by atoms with van der Waals surface area (Å²) in [4.78, 5) is 0. The Hall–Kier alpha value is -0.540. The van der Waals surface area contributed by atoms with Gasteiger partial charge in [-0.25, -0.2) is 0 Å². The molecule has 0 radical (unpaired) electrons. The number of likely N-dealkylation sites (N-methyl/N-ethyl adjacent to an activating group) is 1. The highest BCUT2D eigenvalue weighted by Gasteiger charge is 2.35. The van der Waals surface area contributed by atoms with Crippen molar-refractivity contribution in [1.82, 2.24) is 5.32 Å². The van der Waals surface area contributed by atoms with Gasteiger partial charge in [0.2, 0.25) is 0 Å². The maximum Gasteiger partial charge on any atom is 0.109 e. The number of hydrogen-bond donors (Lipinski definition) is 1. The van der Waals surface area contributed by atoms with Gasteiger partial charge in [-0.15, -0.1) is 0 Å². The van der Waals surface area contributed by atoms with Crippen LogP contribution in [-0.4, -0.2) is 32.4 Å². The van der Waals surface area contributed by atoms with E-state index in [1.165, 1.54) is 0 Å². The summed E-state index contributed by atoms with van der Waals surface area (Å²) in [7, 11) is 2.02. The first-order chi connectivity index (χ1) is 7.86. The molecule has 0 spiro atoms. The molecular weight excluding hydrogens is 202 g/mol. The van der Waals surface area contributed by atoms with Gasteiger partial charge in [-0.2, -0.15) is 0 Å². The van der Waals surface area contributed by atoms with Gasteiger partial charge in [0, 0.05) is 12.5 Å². The average molecular weight is 225 g/mol. The quantitative estimate of drug-likeness (QED) is 0.794. The highest BCUT2D eigenvalue weighted by Crippen LogP contribution is 2.31. The summed E-state index contributed by atoms with van der Waals surface area (Å²) < 4.78 is 11.5. The summed E-state index contributed by atoms with van der Waals surface area (Å²) in [5.41, 5.74) is 0. The van der Waals surface area contributed by atoms with Crippen LogP contribution in [-0.2, 0) is 9.47 Å². The van der Waals surface area contributed by atoms with E-state index in [-0.39, 0.29) is 0 Å². The normalized spacial score (nSPS) is 32.0. The average Bonchev–Trinajstić information content (AvgIpc) is 2.80. The molecule has 0 saturated carbocycles. The lowest BCUT2D eigenvalue weighted by Gasteiger charge is -2.30. The second-order valence-corrected chi connectivity index (χ2v) is 4.63. The molecule has 0 bridgehead atoms. The number of nitrogens with one attached hydrogen (secondary N) is 1. The zero-order valence-electron chi connectivity index (χ0n) is 10.4. The van der Waals surface area contributed by atoms with Crippen LogP contribution in [0.1, 0.15) is 32.6 Å². The third-order valence-corrected chi connectivity index (χ3v) is 3.67. The zero-order chi connectivity index (χ0) is 11.4. The van der Waals surface area contributed by atoms with Crippen LogP contribution in [0.2, 0.25) is 0 Å². The van der Waals surface area contributed by atoms with Crippen molar-refractivity contribution in [2.75, 3.05) is 20.3 Å². The third kappa shape index (κ3) is 2.41. The maximum atomic E-state index is 5.78. The standard InChI is InChI=1S/C13H23NO2/c1-3-11-10(7-9-16-11)13(14-2)12-6-4-5-8-15-12/h6,10-11,13-14H,3-5,7-9H2,1-2H3. The molecule has 3 heteroatoms. The number of ether oxygens (including phenoxy) is 2. The Labute approximate surface area is 98.2 Å². The summed E-state index contributed by atoms with van der Waals surface area (Å²) in [6, 6.07) is 0.341. The molecule has 2 aliphatic heterocycles. The topological polar surface area (TPSA) is 30.5 Å². The first-order valence-electron chi connectivity index (χ1n) is 6.48. The number of allylic oxidation sites excluding steroid dienone is 1. The van der Waals surface area contributed by atoms with E-state index < -0.39 is 0 Å². The second kappa shape index (κ2) is 5.69. The van der Waals surface area contributed by atoms with Gasteiger partial charge in [-0.1, -0.05) is 6.92 Å². The van der Waals surface area contributed by atoms with Crippen molar-refractivity contribution in [3.63, 3.8) is 0 Å². The highest BCUT2D eigenvalue weighted by molar-refractivity contribution is 5.09. The van der Waals surface area contributed by atoms with Crippen molar-refractivity contribution in [3.8, 4) is 0 Å². The molecule has 2 heterocycles. The van der Waals surface area contributed by atoms with Gasteiger partial charge in [0.05, 0.1) is 18.8 Å². The number of rotatable bonds is 4. The van der Waals surface area contributed by atoms with Crippen molar-refractivity contribution in [2.24, 2.45) is 5.92 Å². The van der Waals surface area contributed by atoms with Crippen molar-refractivity contribution in [1.29, 1.82) is 0 Å². The van der Waals surface area contributed by atoms with Gasteiger partial charge in [-0.05, 0) is 38.8 Å². The van der Waals surface area contributed by atoms with Crippen LogP contribution >= 0.6 is 0 Å². The van der Waals surface area contributed by atoms with Crippen LogP contribution in [0.4, 0.5) is 0 Å². The summed E-state index contributed by atoms with van der Waals surface area (Å²) in [6.07, 6.45) is 7.18. The lowest BCUT2D eigenvalue weighted by atomic mass is 9.89. The Morgan fingerprint density at radius 1 is 1.50 bits per heavy atom. The SMILES string of the molecule is CCC1OCCC1C(NC)C1=CCCCO1. The van der Waals surface area contributed by atoms with Gasteiger partial charge in [0.1, 0.15) is 5.76 Å². The largest absolute Gasteiger partial charge is 0.497 e. The van der Waals surface area contributed by atoms with E-state index in [0.717, 1.165) is 44.7 Å². The molecule has 0 aromatic carbocycles. The van der Waals surface area contributed by atoms with Crippen molar-refractivity contribution in [3.05, 3.63) is 11.8 Å². The van der Waals surface area contributed by atoms with Crippen LogP contribution in [0.5, 0.6) is 0 Å². The predicted molar refractivity (Wildman–Crippen MR) is 64.3 cm³/mol. The Morgan fingerprint density at radius 3 is 3.00 bits per heavy atom. The summed E-state index contributed by atoms with van der Waals surface area (Å²) in [6.45, 7) is 3.97. The molecule has 2 rings (SSSR count). The Kier molecular flexibility index (Phi) is 4.24. The molecule has 0 aliphatic carbocycles. The lowest BCUT2D eigenvalue weighted by Crippen LogP contribution is -2.40. The molecular formula is C13H23NO2. The molecule has 3 nitrogen and oxygen atoms in total. The highest BCUT2D eigenvalue weighted by atomic mass is 16.5. The Bertz CT molecular complexity index is 252. The fourth-order valence-electron chi connectivity index (χ4n) is 2.83. The van der Waals surface area contributed by atoms with Crippen LogP contribution in [0.15, 0.2) is 11.8 Å². The van der Waals surface area contributed by atoms with E-state index in [0.29, 0.717) is 18.1 Å². The van der Waals surface area contributed by atoms with Crippen LogP contribution in [0, 0.1) is 5.92 Å². The molecule has 3 unspecified atom stereocenters. The van der Waals surface area contributed by atoms with E-state index in [1.807, 2.05) is 7.05 Å².